The fourth-order valence-electron chi connectivity index (χ4n) is 1.24. The summed E-state index contributed by atoms with van der Waals surface area (Å²) in [5.74, 6) is 0. The van der Waals surface area contributed by atoms with Gasteiger partial charge in [0.2, 0.25) is 0 Å². The molecule has 1 rings (SSSR count). The molecule has 0 aliphatic carbocycles. The van der Waals surface area contributed by atoms with E-state index in [1.807, 2.05) is 6.92 Å². The van der Waals surface area contributed by atoms with E-state index in [9.17, 15) is 0 Å². The standard InChI is InChI=1S/C9H16ClNO/c1-8(5-10)7-12-9-3-2-4-11-6-9/h5,9,11H,2-4,6-7H2,1H3. The van der Waals surface area contributed by atoms with Crippen LogP contribution in [-0.4, -0.2) is 25.8 Å². The molecule has 0 aromatic carbocycles. The molecule has 1 aliphatic heterocycles. The first-order chi connectivity index (χ1) is 5.83. The van der Waals surface area contributed by atoms with Gasteiger partial charge in [-0.05, 0) is 31.9 Å². The lowest BCUT2D eigenvalue weighted by molar-refractivity contribution is 0.0519. The lowest BCUT2D eigenvalue weighted by atomic mass is 10.1. The van der Waals surface area contributed by atoms with Crippen molar-refractivity contribution in [1.29, 1.82) is 0 Å². The van der Waals surface area contributed by atoms with Crippen molar-refractivity contribution in [2.75, 3.05) is 19.7 Å². The van der Waals surface area contributed by atoms with Crippen molar-refractivity contribution in [3.8, 4) is 0 Å². The second-order valence-electron chi connectivity index (χ2n) is 3.23. The molecule has 1 fully saturated rings. The predicted molar refractivity (Wildman–Crippen MR) is 51.5 cm³/mol. The number of piperidine rings is 1. The zero-order chi connectivity index (χ0) is 8.81. The Balaban J connectivity index is 2.13. The lowest BCUT2D eigenvalue weighted by Crippen LogP contribution is -2.35. The van der Waals surface area contributed by atoms with Gasteiger partial charge in [-0.3, -0.25) is 0 Å². The van der Waals surface area contributed by atoms with Gasteiger partial charge in [0, 0.05) is 12.1 Å². The maximum atomic E-state index is 5.62. The molecule has 12 heavy (non-hydrogen) atoms. The molecule has 1 heterocycles. The Kier molecular flexibility index (Phi) is 4.66. The summed E-state index contributed by atoms with van der Waals surface area (Å²) in [6, 6.07) is 0. The molecule has 0 bridgehead atoms. The second-order valence-corrected chi connectivity index (χ2v) is 3.45. The summed E-state index contributed by atoms with van der Waals surface area (Å²) < 4.78 is 5.62. The average Bonchev–Trinajstić information content (AvgIpc) is 2.16. The Hall–Kier alpha value is -0.0500. The van der Waals surface area contributed by atoms with Crippen LogP contribution >= 0.6 is 11.6 Å². The van der Waals surface area contributed by atoms with Gasteiger partial charge in [0.05, 0.1) is 12.7 Å². The highest BCUT2D eigenvalue weighted by atomic mass is 35.5. The molecule has 0 amide bonds. The zero-order valence-corrected chi connectivity index (χ0v) is 8.23. The van der Waals surface area contributed by atoms with Gasteiger partial charge < -0.3 is 10.1 Å². The van der Waals surface area contributed by atoms with E-state index >= 15 is 0 Å². The van der Waals surface area contributed by atoms with Crippen LogP contribution < -0.4 is 5.32 Å². The average molecular weight is 190 g/mol. The zero-order valence-electron chi connectivity index (χ0n) is 7.48. The maximum absolute atomic E-state index is 5.62. The molecule has 0 aromatic rings. The molecule has 0 aromatic heterocycles. The summed E-state index contributed by atoms with van der Waals surface area (Å²) in [7, 11) is 0. The first-order valence-electron chi connectivity index (χ1n) is 4.41. The van der Waals surface area contributed by atoms with Gasteiger partial charge in [-0.2, -0.15) is 0 Å². The van der Waals surface area contributed by atoms with E-state index in [0.717, 1.165) is 18.7 Å². The van der Waals surface area contributed by atoms with E-state index in [0.29, 0.717) is 12.7 Å². The Morgan fingerprint density at radius 2 is 2.58 bits per heavy atom. The highest BCUT2D eigenvalue weighted by Crippen LogP contribution is 2.07. The van der Waals surface area contributed by atoms with Crippen LogP contribution in [0, 0.1) is 0 Å². The lowest BCUT2D eigenvalue weighted by Gasteiger charge is -2.23. The molecule has 70 valence electrons. The minimum absolute atomic E-state index is 0.380. The van der Waals surface area contributed by atoms with Crippen molar-refractivity contribution in [3.05, 3.63) is 11.1 Å². The van der Waals surface area contributed by atoms with Crippen molar-refractivity contribution in [3.63, 3.8) is 0 Å². The van der Waals surface area contributed by atoms with Crippen LogP contribution in [0.4, 0.5) is 0 Å². The number of nitrogens with one attached hydrogen (secondary N) is 1. The van der Waals surface area contributed by atoms with E-state index in [4.69, 9.17) is 16.3 Å². The van der Waals surface area contributed by atoms with Crippen LogP contribution in [0.25, 0.3) is 0 Å². The van der Waals surface area contributed by atoms with E-state index < -0.39 is 0 Å². The summed E-state index contributed by atoms with van der Waals surface area (Å²) in [6.07, 6.45) is 2.77. The minimum atomic E-state index is 0.380. The third-order valence-electron chi connectivity index (χ3n) is 1.98. The molecule has 0 spiro atoms. The maximum Gasteiger partial charge on any atom is 0.0704 e. The first kappa shape index (κ1) is 10.0. The van der Waals surface area contributed by atoms with Crippen molar-refractivity contribution >= 4 is 11.6 Å². The largest absolute Gasteiger partial charge is 0.373 e. The number of hydrogen-bond acceptors (Lipinski definition) is 2. The Morgan fingerprint density at radius 1 is 1.75 bits per heavy atom. The number of ether oxygens (including phenoxy) is 1. The van der Waals surface area contributed by atoms with Gasteiger partial charge in [-0.25, -0.2) is 0 Å². The first-order valence-corrected chi connectivity index (χ1v) is 4.84. The Labute approximate surface area is 78.9 Å². The third kappa shape index (κ3) is 3.57. The monoisotopic (exact) mass is 189 g/mol. The Morgan fingerprint density at radius 3 is 3.17 bits per heavy atom. The smallest absolute Gasteiger partial charge is 0.0704 e. The second kappa shape index (κ2) is 5.57. The molecule has 2 nitrogen and oxygen atoms in total. The quantitative estimate of drug-likeness (QED) is 0.733. The summed E-state index contributed by atoms with van der Waals surface area (Å²) in [4.78, 5) is 0. The number of hydrogen-bond donors (Lipinski definition) is 1. The van der Waals surface area contributed by atoms with Crippen LogP contribution in [0.3, 0.4) is 0 Å². The molecule has 3 heteroatoms. The molecule has 0 saturated carbocycles. The fourth-order valence-corrected chi connectivity index (χ4v) is 1.31. The molecule has 1 N–H and O–H groups in total. The topological polar surface area (TPSA) is 21.3 Å². The van der Waals surface area contributed by atoms with Crippen LogP contribution in [0.1, 0.15) is 19.8 Å². The molecule has 1 aliphatic rings. The fraction of sp³-hybridized carbons (Fsp3) is 0.778. The van der Waals surface area contributed by atoms with Gasteiger partial charge in [0.25, 0.3) is 0 Å². The van der Waals surface area contributed by atoms with E-state index in [2.05, 4.69) is 5.32 Å². The molecule has 1 unspecified atom stereocenters. The van der Waals surface area contributed by atoms with E-state index in [-0.39, 0.29) is 0 Å². The third-order valence-corrected chi connectivity index (χ3v) is 2.36. The number of rotatable bonds is 3. The van der Waals surface area contributed by atoms with Crippen molar-refractivity contribution in [2.45, 2.75) is 25.9 Å². The predicted octanol–water partition coefficient (Wildman–Crippen LogP) is 1.90. The van der Waals surface area contributed by atoms with E-state index in [1.165, 1.54) is 12.8 Å². The SMILES string of the molecule is CC(=CCl)COC1CCCNC1. The van der Waals surface area contributed by atoms with Crippen LogP contribution in [0.2, 0.25) is 0 Å². The van der Waals surface area contributed by atoms with Crippen molar-refractivity contribution < 1.29 is 4.74 Å². The van der Waals surface area contributed by atoms with Crippen LogP contribution in [0.15, 0.2) is 11.1 Å². The van der Waals surface area contributed by atoms with Gasteiger partial charge >= 0.3 is 0 Å². The summed E-state index contributed by atoms with van der Waals surface area (Å²) >= 11 is 5.51. The Bertz CT molecular complexity index is 153. The number of halogens is 1. The summed E-state index contributed by atoms with van der Waals surface area (Å²) in [5, 5.41) is 3.30. The van der Waals surface area contributed by atoms with Crippen molar-refractivity contribution in [2.24, 2.45) is 0 Å². The highest BCUT2D eigenvalue weighted by Gasteiger charge is 2.12. The van der Waals surface area contributed by atoms with Gasteiger partial charge in [-0.1, -0.05) is 11.6 Å². The minimum Gasteiger partial charge on any atom is -0.373 e. The van der Waals surface area contributed by atoms with Crippen LogP contribution in [-0.2, 0) is 4.74 Å². The highest BCUT2D eigenvalue weighted by molar-refractivity contribution is 6.25. The molecular weight excluding hydrogens is 174 g/mol. The van der Waals surface area contributed by atoms with Gasteiger partial charge in [0.1, 0.15) is 0 Å². The van der Waals surface area contributed by atoms with Gasteiger partial charge in [0.15, 0.2) is 0 Å². The van der Waals surface area contributed by atoms with E-state index in [1.54, 1.807) is 5.54 Å². The molecule has 1 atom stereocenters. The molecule has 1 saturated heterocycles. The summed E-state index contributed by atoms with van der Waals surface area (Å²) in [5.41, 5.74) is 2.67. The van der Waals surface area contributed by atoms with Crippen LogP contribution in [0.5, 0.6) is 0 Å². The summed E-state index contributed by atoms with van der Waals surface area (Å²) in [6.45, 7) is 4.75. The normalized spacial score (nSPS) is 25.8. The molecular formula is C9H16ClNO. The molecule has 0 radical (unpaired) electrons. The van der Waals surface area contributed by atoms with Crippen molar-refractivity contribution in [1.82, 2.24) is 5.32 Å². The van der Waals surface area contributed by atoms with Gasteiger partial charge in [-0.15, -0.1) is 0 Å².